The molecule has 6 nitrogen and oxygen atoms in total. The van der Waals surface area contributed by atoms with Gasteiger partial charge in [-0.15, -0.1) is 0 Å². The molecule has 2 rings (SSSR count). The average Bonchev–Trinajstić information content (AvgIpc) is 3.00. The minimum absolute atomic E-state index is 0.0965. The van der Waals surface area contributed by atoms with Crippen molar-refractivity contribution in [2.45, 2.75) is 51.1 Å². The quantitative estimate of drug-likeness (QED) is 0.332. The van der Waals surface area contributed by atoms with Crippen LogP contribution in [0.15, 0.2) is 5.11 Å². The number of esters is 1. The first-order valence-corrected chi connectivity index (χ1v) is 7.19. The molecule has 1 aliphatic carbocycles. The molecule has 19 heavy (non-hydrogen) atoms. The van der Waals surface area contributed by atoms with Crippen molar-refractivity contribution in [1.82, 2.24) is 4.90 Å². The van der Waals surface area contributed by atoms with Crippen molar-refractivity contribution >= 4 is 5.97 Å². The number of ether oxygens (including phenoxy) is 1. The fourth-order valence-corrected chi connectivity index (χ4v) is 3.25. The van der Waals surface area contributed by atoms with Gasteiger partial charge < -0.3 is 4.74 Å². The molecular weight excluding hydrogens is 244 g/mol. The van der Waals surface area contributed by atoms with Crippen molar-refractivity contribution in [2.75, 3.05) is 19.7 Å². The fourth-order valence-electron chi connectivity index (χ4n) is 3.25. The second-order valence-corrected chi connectivity index (χ2v) is 5.47. The molecule has 0 aromatic rings. The molecule has 0 aromatic heterocycles. The number of rotatable bonds is 5. The van der Waals surface area contributed by atoms with E-state index in [1.165, 1.54) is 25.7 Å². The molecule has 2 atom stereocenters. The topological polar surface area (TPSA) is 78.3 Å². The minimum atomic E-state index is -0.226. The maximum Gasteiger partial charge on any atom is 0.323 e. The van der Waals surface area contributed by atoms with Gasteiger partial charge in [0.2, 0.25) is 0 Å². The zero-order valence-electron chi connectivity index (χ0n) is 11.5. The predicted molar refractivity (Wildman–Crippen MR) is 71.5 cm³/mol. The molecule has 0 bridgehead atoms. The maximum absolute atomic E-state index is 12.0. The fraction of sp³-hybridized carbons (Fsp3) is 0.923. The van der Waals surface area contributed by atoms with Crippen molar-refractivity contribution in [3.05, 3.63) is 10.4 Å². The molecule has 0 unspecified atom stereocenters. The number of carbonyl (C=O) groups excluding carboxylic acids is 1. The van der Waals surface area contributed by atoms with Crippen LogP contribution < -0.4 is 0 Å². The highest BCUT2D eigenvalue weighted by Gasteiger charge is 2.38. The van der Waals surface area contributed by atoms with Gasteiger partial charge in [-0.05, 0) is 37.6 Å². The molecular formula is C13H22N4O2. The summed E-state index contributed by atoms with van der Waals surface area (Å²) in [6.07, 6.45) is 5.68. The van der Waals surface area contributed by atoms with Gasteiger partial charge in [-0.25, -0.2) is 0 Å². The molecule has 2 fully saturated rings. The summed E-state index contributed by atoms with van der Waals surface area (Å²) in [4.78, 5) is 17.0. The van der Waals surface area contributed by atoms with Gasteiger partial charge in [0.05, 0.1) is 12.6 Å². The number of hydrogen-bond donors (Lipinski definition) is 0. The Hall–Kier alpha value is -1.26. The SMILES string of the molecule is CCOC(=O)[C@@H]1C[C@H](N=[N+]=[N-])CN1CC1CCCC1. The van der Waals surface area contributed by atoms with E-state index in [1.807, 2.05) is 6.92 Å². The number of nitrogens with zero attached hydrogens (tertiary/aromatic N) is 4. The van der Waals surface area contributed by atoms with Crippen LogP contribution in [0, 0.1) is 5.92 Å². The van der Waals surface area contributed by atoms with Gasteiger partial charge in [0.1, 0.15) is 6.04 Å². The smallest absolute Gasteiger partial charge is 0.323 e. The Morgan fingerprint density at radius 2 is 2.21 bits per heavy atom. The van der Waals surface area contributed by atoms with Crippen LogP contribution in [0.5, 0.6) is 0 Å². The van der Waals surface area contributed by atoms with Crippen LogP contribution in [0.1, 0.15) is 39.0 Å². The summed E-state index contributed by atoms with van der Waals surface area (Å²) in [7, 11) is 0. The highest BCUT2D eigenvalue weighted by Crippen LogP contribution is 2.29. The second-order valence-electron chi connectivity index (χ2n) is 5.47. The summed E-state index contributed by atoms with van der Waals surface area (Å²) >= 11 is 0. The Balaban J connectivity index is 1.98. The lowest BCUT2D eigenvalue weighted by Gasteiger charge is -2.25. The van der Waals surface area contributed by atoms with E-state index < -0.39 is 0 Å². The third-order valence-corrected chi connectivity index (χ3v) is 4.12. The molecule has 0 radical (unpaired) electrons. The Bertz CT molecular complexity index is 362. The highest BCUT2D eigenvalue weighted by atomic mass is 16.5. The number of azide groups is 1. The lowest BCUT2D eigenvalue weighted by atomic mass is 10.1. The van der Waals surface area contributed by atoms with E-state index in [1.54, 1.807) is 0 Å². The largest absolute Gasteiger partial charge is 0.465 e. The third kappa shape index (κ3) is 3.61. The average molecular weight is 266 g/mol. The van der Waals surface area contributed by atoms with Crippen LogP contribution in [-0.4, -0.2) is 42.6 Å². The molecule has 2 aliphatic rings. The van der Waals surface area contributed by atoms with E-state index >= 15 is 0 Å². The third-order valence-electron chi connectivity index (χ3n) is 4.12. The second kappa shape index (κ2) is 6.78. The molecule has 1 saturated carbocycles. The number of likely N-dealkylation sites (tertiary alicyclic amines) is 1. The van der Waals surface area contributed by atoms with Crippen LogP contribution in [0.25, 0.3) is 10.4 Å². The first-order chi connectivity index (χ1) is 9.24. The van der Waals surface area contributed by atoms with Crippen LogP contribution in [-0.2, 0) is 9.53 Å². The van der Waals surface area contributed by atoms with E-state index in [0.29, 0.717) is 25.5 Å². The van der Waals surface area contributed by atoms with E-state index in [2.05, 4.69) is 14.9 Å². The Kier molecular flexibility index (Phi) is 5.05. The van der Waals surface area contributed by atoms with Gasteiger partial charge in [0.25, 0.3) is 0 Å². The van der Waals surface area contributed by atoms with E-state index in [0.717, 1.165) is 6.54 Å². The lowest BCUT2D eigenvalue weighted by Crippen LogP contribution is -2.39. The van der Waals surface area contributed by atoms with E-state index in [4.69, 9.17) is 10.3 Å². The van der Waals surface area contributed by atoms with Crippen LogP contribution in [0.4, 0.5) is 0 Å². The molecule has 0 amide bonds. The van der Waals surface area contributed by atoms with Crippen molar-refractivity contribution in [3.8, 4) is 0 Å². The van der Waals surface area contributed by atoms with Crippen molar-refractivity contribution < 1.29 is 9.53 Å². The molecule has 1 saturated heterocycles. The van der Waals surface area contributed by atoms with Crippen molar-refractivity contribution in [1.29, 1.82) is 0 Å². The Morgan fingerprint density at radius 1 is 1.47 bits per heavy atom. The minimum Gasteiger partial charge on any atom is -0.465 e. The molecule has 1 heterocycles. The monoisotopic (exact) mass is 266 g/mol. The molecule has 0 N–H and O–H groups in total. The van der Waals surface area contributed by atoms with Gasteiger partial charge in [0, 0.05) is 18.0 Å². The summed E-state index contributed by atoms with van der Waals surface area (Å²) in [5.41, 5.74) is 8.55. The van der Waals surface area contributed by atoms with Crippen LogP contribution >= 0.6 is 0 Å². The van der Waals surface area contributed by atoms with Gasteiger partial charge in [-0.2, -0.15) is 0 Å². The van der Waals surface area contributed by atoms with E-state index in [9.17, 15) is 4.79 Å². The first kappa shape index (κ1) is 14.2. The maximum atomic E-state index is 12.0. The number of hydrogen-bond acceptors (Lipinski definition) is 4. The van der Waals surface area contributed by atoms with Gasteiger partial charge in [0.15, 0.2) is 0 Å². The zero-order chi connectivity index (χ0) is 13.7. The molecule has 0 spiro atoms. The summed E-state index contributed by atoms with van der Waals surface area (Å²) in [5.74, 6) is 0.512. The summed E-state index contributed by atoms with van der Waals surface area (Å²) in [5, 5.41) is 3.77. The van der Waals surface area contributed by atoms with Crippen LogP contribution in [0.2, 0.25) is 0 Å². The van der Waals surface area contributed by atoms with Gasteiger partial charge in [-0.3, -0.25) is 9.69 Å². The number of carbonyl (C=O) groups is 1. The van der Waals surface area contributed by atoms with E-state index in [-0.39, 0.29) is 18.1 Å². The predicted octanol–water partition coefficient (Wildman–Crippen LogP) is 2.49. The lowest BCUT2D eigenvalue weighted by molar-refractivity contribution is -0.148. The Morgan fingerprint density at radius 3 is 2.84 bits per heavy atom. The first-order valence-electron chi connectivity index (χ1n) is 7.19. The Labute approximate surface area is 113 Å². The van der Waals surface area contributed by atoms with Crippen molar-refractivity contribution in [2.24, 2.45) is 11.0 Å². The van der Waals surface area contributed by atoms with Crippen LogP contribution in [0.3, 0.4) is 0 Å². The van der Waals surface area contributed by atoms with Gasteiger partial charge in [-0.1, -0.05) is 18.0 Å². The molecule has 6 heteroatoms. The summed E-state index contributed by atoms with van der Waals surface area (Å²) in [6, 6.07) is -0.322. The summed E-state index contributed by atoms with van der Waals surface area (Å²) in [6.45, 7) is 3.84. The zero-order valence-corrected chi connectivity index (χ0v) is 11.5. The normalized spacial score (nSPS) is 28.3. The molecule has 0 aromatic carbocycles. The van der Waals surface area contributed by atoms with Crippen molar-refractivity contribution in [3.63, 3.8) is 0 Å². The summed E-state index contributed by atoms with van der Waals surface area (Å²) < 4.78 is 5.13. The van der Waals surface area contributed by atoms with Gasteiger partial charge >= 0.3 is 5.97 Å². The standard InChI is InChI=1S/C13H22N4O2/c1-2-19-13(18)12-7-11(15-16-14)9-17(12)8-10-5-3-4-6-10/h10-12H,2-9H2,1H3/t11-,12-/m0/s1. The molecule has 106 valence electrons. The molecule has 1 aliphatic heterocycles. The highest BCUT2D eigenvalue weighted by molar-refractivity contribution is 5.76.